The van der Waals surface area contributed by atoms with Crippen LogP contribution in [0.15, 0.2) is 0 Å². The van der Waals surface area contributed by atoms with Crippen LogP contribution in [0.2, 0.25) is 0 Å². The van der Waals surface area contributed by atoms with Gasteiger partial charge >= 0.3 is 0 Å². The predicted molar refractivity (Wildman–Crippen MR) is 63.3 cm³/mol. The largest absolute Gasteiger partial charge is 0.359 e. The molecule has 0 spiro atoms. The van der Waals surface area contributed by atoms with Gasteiger partial charge in [0.05, 0.1) is 0 Å². The molecule has 1 fully saturated rings. The second-order valence-electron chi connectivity index (χ2n) is 4.57. The molecule has 1 aromatic heterocycles. The summed E-state index contributed by atoms with van der Waals surface area (Å²) < 4.78 is 0. The van der Waals surface area contributed by atoms with Crippen molar-refractivity contribution in [3.63, 3.8) is 0 Å². The summed E-state index contributed by atoms with van der Waals surface area (Å²) in [6, 6.07) is 0. The number of piperidine rings is 1. The van der Waals surface area contributed by atoms with Crippen LogP contribution in [0, 0.1) is 12.3 Å². The molecule has 2 heterocycles. The lowest BCUT2D eigenvalue weighted by atomic mass is 9.83. The zero-order valence-electron chi connectivity index (χ0n) is 9.34. The molecular formula is C10H18N4S. The molecule has 2 N–H and O–H groups in total. The number of nitrogens with zero attached hydrogens (tertiary/aromatic N) is 2. The molecule has 2 rings (SSSR count). The number of aromatic nitrogens is 2. The molecule has 4 nitrogen and oxygen atoms in total. The Morgan fingerprint density at radius 2 is 2.40 bits per heavy atom. The molecule has 0 aliphatic carbocycles. The van der Waals surface area contributed by atoms with Gasteiger partial charge in [-0.1, -0.05) is 18.3 Å². The van der Waals surface area contributed by atoms with E-state index in [1.165, 1.54) is 12.8 Å². The van der Waals surface area contributed by atoms with E-state index in [4.69, 9.17) is 0 Å². The van der Waals surface area contributed by atoms with Crippen LogP contribution in [0.3, 0.4) is 0 Å². The first-order valence-corrected chi connectivity index (χ1v) is 6.24. The van der Waals surface area contributed by atoms with E-state index in [1.54, 1.807) is 11.3 Å². The fourth-order valence-corrected chi connectivity index (χ4v) is 2.51. The lowest BCUT2D eigenvalue weighted by Gasteiger charge is -2.34. The van der Waals surface area contributed by atoms with Crippen LogP contribution in [0.1, 0.15) is 24.8 Å². The molecule has 1 aliphatic heterocycles. The highest BCUT2D eigenvalue weighted by atomic mass is 32.1. The minimum absolute atomic E-state index is 0.359. The Labute approximate surface area is 94.5 Å². The maximum atomic E-state index is 4.07. The van der Waals surface area contributed by atoms with Gasteiger partial charge in [0.1, 0.15) is 5.01 Å². The standard InChI is InChI=1S/C10H18N4S/c1-8-13-14-9(15-8)12-7-10(2)4-3-5-11-6-10/h11H,3-7H2,1-2H3,(H,12,14). The first-order valence-electron chi connectivity index (χ1n) is 5.43. The Hall–Kier alpha value is -0.680. The van der Waals surface area contributed by atoms with Crippen LogP contribution >= 0.6 is 11.3 Å². The highest BCUT2D eigenvalue weighted by Gasteiger charge is 2.26. The summed E-state index contributed by atoms with van der Waals surface area (Å²) in [5, 5.41) is 16.8. The van der Waals surface area contributed by atoms with E-state index in [2.05, 4.69) is 27.8 Å². The maximum Gasteiger partial charge on any atom is 0.205 e. The van der Waals surface area contributed by atoms with Crippen molar-refractivity contribution in [1.82, 2.24) is 15.5 Å². The predicted octanol–water partition coefficient (Wildman–Crippen LogP) is 1.65. The Kier molecular flexibility index (Phi) is 3.21. The van der Waals surface area contributed by atoms with Crippen LogP contribution in [0.25, 0.3) is 0 Å². The Bertz CT molecular complexity index is 317. The first-order chi connectivity index (χ1) is 7.18. The molecule has 1 saturated heterocycles. The zero-order chi connectivity index (χ0) is 10.7. The van der Waals surface area contributed by atoms with Gasteiger partial charge in [0.25, 0.3) is 0 Å². The van der Waals surface area contributed by atoms with Gasteiger partial charge < -0.3 is 10.6 Å². The normalized spacial score (nSPS) is 26.5. The number of hydrogen-bond acceptors (Lipinski definition) is 5. The molecule has 0 saturated carbocycles. The molecule has 0 radical (unpaired) electrons. The summed E-state index contributed by atoms with van der Waals surface area (Å²) >= 11 is 1.62. The van der Waals surface area contributed by atoms with E-state index in [0.29, 0.717) is 5.41 Å². The smallest absolute Gasteiger partial charge is 0.205 e. The Morgan fingerprint density at radius 1 is 1.53 bits per heavy atom. The van der Waals surface area contributed by atoms with Gasteiger partial charge in [-0.3, -0.25) is 0 Å². The van der Waals surface area contributed by atoms with Crippen molar-refractivity contribution in [2.75, 3.05) is 25.0 Å². The van der Waals surface area contributed by atoms with E-state index in [-0.39, 0.29) is 0 Å². The van der Waals surface area contributed by atoms with E-state index < -0.39 is 0 Å². The molecule has 84 valence electrons. The van der Waals surface area contributed by atoms with Gasteiger partial charge in [0.2, 0.25) is 5.13 Å². The summed E-state index contributed by atoms with van der Waals surface area (Å²) in [6.07, 6.45) is 2.55. The van der Waals surface area contributed by atoms with Crippen molar-refractivity contribution < 1.29 is 0 Å². The average Bonchev–Trinajstić information content (AvgIpc) is 2.63. The van der Waals surface area contributed by atoms with Crippen molar-refractivity contribution in [2.24, 2.45) is 5.41 Å². The van der Waals surface area contributed by atoms with E-state index in [1.807, 2.05) is 6.92 Å². The van der Waals surface area contributed by atoms with Crippen LogP contribution in [0.4, 0.5) is 5.13 Å². The van der Waals surface area contributed by atoms with Gasteiger partial charge in [-0.25, -0.2) is 0 Å². The van der Waals surface area contributed by atoms with Crippen LogP contribution in [-0.2, 0) is 0 Å². The fourth-order valence-electron chi connectivity index (χ4n) is 1.93. The van der Waals surface area contributed by atoms with Crippen LogP contribution < -0.4 is 10.6 Å². The van der Waals surface area contributed by atoms with Gasteiger partial charge in [0, 0.05) is 13.1 Å². The van der Waals surface area contributed by atoms with Crippen molar-refractivity contribution >= 4 is 16.5 Å². The molecule has 0 amide bonds. The first kappa shape index (κ1) is 10.8. The van der Waals surface area contributed by atoms with Crippen LogP contribution in [0.5, 0.6) is 0 Å². The molecule has 15 heavy (non-hydrogen) atoms. The second-order valence-corrected chi connectivity index (χ2v) is 5.75. The van der Waals surface area contributed by atoms with Crippen molar-refractivity contribution in [3.8, 4) is 0 Å². The number of nitrogens with one attached hydrogen (secondary N) is 2. The average molecular weight is 226 g/mol. The number of aryl methyl sites for hydroxylation is 1. The molecule has 1 unspecified atom stereocenters. The molecule has 5 heteroatoms. The number of anilines is 1. The highest BCUT2D eigenvalue weighted by molar-refractivity contribution is 7.15. The van der Waals surface area contributed by atoms with Crippen LogP contribution in [-0.4, -0.2) is 29.8 Å². The Morgan fingerprint density at radius 3 is 3.00 bits per heavy atom. The molecule has 1 atom stereocenters. The van der Waals surface area contributed by atoms with E-state index in [9.17, 15) is 0 Å². The third kappa shape index (κ3) is 2.89. The quantitative estimate of drug-likeness (QED) is 0.823. The van der Waals surface area contributed by atoms with E-state index in [0.717, 1.165) is 29.8 Å². The second kappa shape index (κ2) is 4.45. The molecule has 0 aromatic carbocycles. The van der Waals surface area contributed by atoms with Gasteiger partial charge in [0.15, 0.2) is 0 Å². The number of rotatable bonds is 3. The number of hydrogen-bond donors (Lipinski definition) is 2. The topological polar surface area (TPSA) is 49.8 Å². The Balaban J connectivity index is 1.86. The molecule has 0 bridgehead atoms. The summed E-state index contributed by atoms with van der Waals surface area (Å²) in [7, 11) is 0. The fraction of sp³-hybridized carbons (Fsp3) is 0.800. The lowest BCUT2D eigenvalue weighted by molar-refractivity contribution is 0.253. The molecule has 1 aromatic rings. The highest BCUT2D eigenvalue weighted by Crippen LogP contribution is 2.26. The van der Waals surface area contributed by atoms with Crippen molar-refractivity contribution in [2.45, 2.75) is 26.7 Å². The van der Waals surface area contributed by atoms with Gasteiger partial charge in [-0.05, 0) is 31.7 Å². The van der Waals surface area contributed by atoms with E-state index >= 15 is 0 Å². The third-order valence-corrected chi connectivity index (χ3v) is 3.67. The zero-order valence-corrected chi connectivity index (χ0v) is 10.2. The SMILES string of the molecule is Cc1nnc(NCC2(C)CCCNC2)s1. The van der Waals surface area contributed by atoms with Crippen molar-refractivity contribution in [3.05, 3.63) is 5.01 Å². The minimum atomic E-state index is 0.359. The maximum absolute atomic E-state index is 4.07. The van der Waals surface area contributed by atoms with Gasteiger partial charge in [-0.15, -0.1) is 10.2 Å². The molecule has 1 aliphatic rings. The lowest BCUT2D eigenvalue weighted by Crippen LogP contribution is -2.42. The summed E-state index contributed by atoms with van der Waals surface area (Å²) in [4.78, 5) is 0. The van der Waals surface area contributed by atoms with Gasteiger partial charge in [-0.2, -0.15) is 0 Å². The van der Waals surface area contributed by atoms with Crippen molar-refractivity contribution in [1.29, 1.82) is 0 Å². The molecular weight excluding hydrogens is 208 g/mol. The minimum Gasteiger partial charge on any atom is -0.359 e. The summed E-state index contributed by atoms with van der Waals surface area (Å²) in [5.74, 6) is 0. The monoisotopic (exact) mass is 226 g/mol. The summed E-state index contributed by atoms with van der Waals surface area (Å²) in [6.45, 7) is 7.53. The third-order valence-electron chi connectivity index (χ3n) is 2.88. The summed E-state index contributed by atoms with van der Waals surface area (Å²) in [5.41, 5.74) is 0.359.